The molecular formula is C20H25N5O3S. The average Bonchev–Trinajstić information content (AvgIpc) is 3.17. The minimum Gasteiger partial charge on any atom is -0.383 e. The van der Waals surface area contributed by atoms with E-state index in [1.807, 2.05) is 13.8 Å². The number of fused-ring (bicyclic) bond motifs is 1. The van der Waals surface area contributed by atoms with Gasteiger partial charge in [0.25, 0.3) is 11.5 Å². The van der Waals surface area contributed by atoms with Gasteiger partial charge in [-0.05, 0) is 31.0 Å². The largest absolute Gasteiger partial charge is 0.383 e. The maximum Gasteiger partial charge on any atom is 0.330 e. The quantitative estimate of drug-likeness (QED) is 0.587. The highest BCUT2D eigenvalue weighted by molar-refractivity contribution is 7.16. The zero-order valence-electron chi connectivity index (χ0n) is 16.6. The van der Waals surface area contributed by atoms with E-state index in [4.69, 9.17) is 5.73 Å². The summed E-state index contributed by atoms with van der Waals surface area (Å²) in [5.74, 6) is -0.304. The van der Waals surface area contributed by atoms with Crippen LogP contribution in [0.25, 0.3) is 10.2 Å². The second kappa shape index (κ2) is 9.04. The van der Waals surface area contributed by atoms with E-state index in [-0.39, 0.29) is 17.4 Å². The number of nitrogens with two attached hydrogens (primary N) is 1. The third-order valence-electron chi connectivity index (χ3n) is 4.78. The summed E-state index contributed by atoms with van der Waals surface area (Å²) in [4.78, 5) is 46.2. The molecule has 1 amide bonds. The number of aromatic nitrogens is 3. The molecule has 0 spiro atoms. The molecular weight excluding hydrogens is 390 g/mol. The summed E-state index contributed by atoms with van der Waals surface area (Å²) in [5, 5.41) is 0. The van der Waals surface area contributed by atoms with Crippen molar-refractivity contribution >= 4 is 39.0 Å². The molecule has 154 valence electrons. The van der Waals surface area contributed by atoms with E-state index in [1.165, 1.54) is 20.8 Å². The summed E-state index contributed by atoms with van der Waals surface area (Å²) < 4.78 is 2.22. The molecule has 0 aliphatic heterocycles. The van der Waals surface area contributed by atoms with Crippen LogP contribution in [-0.4, -0.2) is 27.0 Å². The molecule has 0 saturated carbocycles. The molecule has 3 N–H and O–H groups in total. The minimum absolute atomic E-state index is 0.0236. The molecule has 29 heavy (non-hydrogen) atoms. The number of carbonyl (C=O) groups is 1. The van der Waals surface area contributed by atoms with Crippen LogP contribution >= 0.6 is 11.3 Å². The molecule has 0 radical (unpaired) electrons. The highest BCUT2D eigenvalue weighted by Gasteiger charge is 2.25. The molecule has 0 aliphatic rings. The van der Waals surface area contributed by atoms with Crippen LogP contribution in [0.15, 0.2) is 33.3 Å². The standard InChI is InChI=1S/C20H25N5O3S/c1-3-5-9-24(19(27)13-7-8-14-15(11-13)29-12-22-14)16-17(21)25(10-6-4-2)20(28)23-18(16)26/h7-8,11-12H,3-6,9-10,21H2,1-2H3,(H,23,26,28). The Balaban J connectivity index is 2.09. The fraction of sp³-hybridized carbons (Fsp3) is 0.400. The van der Waals surface area contributed by atoms with Crippen molar-refractivity contribution in [2.75, 3.05) is 17.2 Å². The van der Waals surface area contributed by atoms with Crippen LogP contribution in [0.3, 0.4) is 0 Å². The van der Waals surface area contributed by atoms with Gasteiger partial charge in [0.1, 0.15) is 5.82 Å². The van der Waals surface area contributed by atoms with Crippen molar-refractivity contribution in [2.45, 2.75) is 46.1 Å². The second-order valence-corrected chi connectivity index (χ2v) is 7.73. The SMILES string of the molecule is CCCCN(C(=O)c1ccc2ncsc2c1)c1c(N)n(CCCC)c(=O)[nH]c1=O. The maximum absolute atomic E-state index is 13.3. The monoisotopic (exact) mass is 415 g/mol. The predicted molar refractivity (Wildman–Crippen MR) is 117 cm³/mol. The van der Waals surface area contributed by atoms with Crippen LogP contribution in [0.2, 0.25) is 0 Å². The topological polar surface area (TPSA) is 114 Å². The fourth-order valence-electron chi connectivity index (χ4n) is 3.15. The highest BCUT2D eigenvalue weighted by Crippen LogP contribution is 2.24. The van der Waals surface area contributed by atoms with Gasteiger partial charge in [0.05, 0.1) is 15.7 Å². The molecule has 0 aliphatic carbocycles. The summed E-state index contributed by atoms with van der Waals surface area (Å²) >= 11 is 1.44. The van der Waals surface area contributed by atoms with E-state index >= 15 is 0 Å². The lowest BCUT2D eigenvalue weighted by Crippen LogP contribution is -2.41. The van der Waals surface area contributed by atoms with E-state index in [0.717, 1.165) is 29.5 Å². The fourth-order valence-corrected chi connectivity index (χ4v) is 3.87. The van der Waals surface area contributed by atoms with Crippen molar-refractivity contribution in [3.05, 3.63) is 50.1 Å². The first-order valence-electron chi connectivity index (χ1n) is 9.75. The van der Waals surface area contributed by atoms with Gasteiger partial charge in [-0.2, -0.15) is 0 Å². The third kappa shape index (κ3) is 4.24. The van der Waals surface area contributed by atoms with E-state index in [1.54, 1.807) is 23.7 Å². The Morgan fingerprint density at radius 1 is 1.24 bits per heavy atom. The number of hydrogen-bond donors (Lipinski definition) is 2. The Hall–Kier alpha value is -2.94. The summed E-state index contributed by atoms with van der Waals surface area (Å²) in [5.41, 5.74) is 8.04. The predicted octanol–water partition coefficient (Wildman–Crippen LogP) is 2.98. The van der Waals surface area contributed by atoms with E-state index < -0.39 is 11.2 Å². The normalized spacial score (nSPS) is 11.1. The first-order chi connectivity index (χ1) is 14.0. The lowest BCUT2D eigenvalue weighted by molar-refractivity contribution is 0.0986. The summed E-state index contributed by atoms with van der Waals surface area (Å²) in [6.07, 6.45) is 3.14. The first-order valence-corrected chi connectivity index (χ1v) is 10.6. The molecule has 0 saturated heterocycles. The van der Waals surface area contributed by atoms with E-state index in [2.05, 4.69) is 9.97 Å². The smallest absolute Gasteiger partial charge is 0.330 e. The Kier molecular flexibility index (Phi) is 6.48. The molecule has 1 aromatic carbocycles. The zero-order chi connectivity index (χ0) is 21.0. The van der Waals surface area contributed by atoms with Crippen LogP contribution in [0.5, 0.6) is 0 Å². The molecule has 2 aromatic heterocycles. The molecule has 3 aromatic rings. The Morgan fingerprint density at radius 3 is 2.72 bits per heavy atom. The van der Waals surface area contributed by atoms with Gasteiger partial charge in [-0.1, -0.05) is 26.7 Å². The number of carbonyl (C=O) groups excluding carboxylic acids is 1. The summed E-state index contributed by atoms with van der Waals surface area (Å²) in [7, 11) is 0. The Morgan fingerprint density at radius 2 is 2.00 bits per heavy atom. The number of hydrogen-bond acceptors (Lipinski definition) is 6. The van der Waals surface area contributed by atoms with Crippen LogP contribution in [0.4, 0.5) is 11.5 Å². The third-order valence-corrected chi connectivity index (χ3v) is 5.57. The summed E-state index contributed by atoms with van der Waals surface area (Å²) in [6.45, 7) is 4.71. The number of nitrogens with one attached hydrogen (secondary N) is 1. The number of anilines is 2. The van der Waals surface area contributed by atoms with Crippen LogP contribution in [-0.2, 0) is 6.54 Å². The van der Waals surface area contributed by atoms with Crippen LogP contribution in [0, 0.1) is 0 Å². The molecule has 3 rings (SSSR count). The molecule has 9 heteroatoms. The first kappa shape index (κ1) is 20.8. The minimum atomic E-state index is -0.649. The van der Waals surface area contributed by atoms with Gasteiger partial charge in [0, 0.05) is 18.7 Å². The van der Waals surface area contributed by atoms with Crippen molar-refractivity contribution in [2.24, 2.45) is 0 Å². The second-order valence-electron chi connectivity index (χ2n) is 6.84. The number of benzene rings is 1. The Bertz CT molecular complexity index is 1130. The number of H-pyrrole nitrogens is 1. The molecule has 0 unspecified atom stereocenters. The molecule has 8 nitrogen and oxygen atoms in total. The molecule has 2 heterocycles. The number of rotatable bonds is 8. The van der Waals surface area contributed by atoms with E-state index in [9.17, 15) is 14.4 Å². The Labute approximate surface area is 172 Å². The highest BCUT2D eigenvalue weighted by atomic mass is 32.1. The van der Waals surface area contributed by atoms with Crippen molar-refractivity contribution < 1.29 is 4.79 Å². The lowest BCUT2D eigenvalue weighted by atomic mass is 10.1. The van der Waals surface area contributed by atoms with Gasteiger partial charge in [-0.3, -0.25) is 19.1 Å². The van der Waals surface area contributed by atoms with Crippen LogP contribution in [0.1, 0.15) is 49.9 Å². The summed E-state index contributed by atoms with van der Waals surface area (Å²) in [6, 6.07) is 5.25. The van der Waals surface area contributed by atoms with Crippen molar-refractivity contribution in [1.29, 1.82) is 0 Å². The number of thiazole rings is 1. The van der Waals surface area contributed by atoms with Gasteiger partial charge in [-0.15, -0.1) is 11.3 Å². The van der Waals surface area contributed by atoms with E-state index in [0.29, 0.717) is 25.1 Å². The number of aromatic amines is 1. The van der Waals surface area contributed by atoms with Gasteiger partial charge >= 0.3 is 5.69 Å². The zero-order valence-corrected chi connectivity index (χ0v) is 17.4. The van der Waals surface area contributed by atoms with Crippen LogP contribution < -0.4 is 21.9 Å². The molecule has 0 fully saturated rings. The number of unbranched alkanes of at least 4 members (excludes halogenated alkanes) is 2. The number of amides is 1. The number of nitrogen functional groups attached to an aromatic ring is 1. The number of nitrogens with zero attached hydrogens (tertiary/aromatic N) is 3. The van der Waals surface area contributed by atoms with Crippen molar-refractivity contribution in [3.8, 4) is 0 Å². The van der Waals surface area contributed by atoms with Gasteiger partial charge in [-0.25, -0.2) is 9.78 Å². The average molecular weight is 416 g/mol. The maximum atomic E-state index is 13.3. The molecule has 0 atom stereocenters. The molecule has 0 bridgehead atoms. The van der Waals surface area contributed by atoms with Gasteiger partial charge < -0.3 is 10.6 Å². The van der Waals surface area contributed by atoms with Crippen molar-refractivity contribution in [1.82, 2.24) is 14.5 Å². The lowest BCUT2D eigenvalue weighted by Gasteiger charge is -2.24. The van der Waals surface area contributed by atoms with Gasteiger partial charge in [0.15, 0.2) is 5.69 Å². The van der Waals surface area contributed by atoms with Gasteiger partial charge in [0.2, 0.25) is 0 Å². The van der Waals surface area contributed by atoms with Crippen molar-refractivity contribution in [3.63, 3.8) is 0 Å².